The van der Waals surface area contributed by atoms with E-state index in [1.165, 1.54) is 0 Å². The number of rotatable bonds is 5. The van der Waals surface area contributed by atoms with Crippen LogP contribution in [0.4, 0.5) is 0 Å². The van der Waals surface area contributed by atoms with Crippen LogP contribution in [0.2, 0.25) is 0 Å². The Bertz CT molecular complexity index is 229. The minimum atomic E-state index is -1.57. The van der Waals surface area contributed by atoms with Gasteiger partial charge in [-0.3, -0.25) is 10.1 Å². The first-order valence-corrected chi connectivity index (χ1v) is 3.78. The van der Waals surface area contributed by atoms with E-state index >= 15 is 0 Å². The number of carboxylic acids is 1. The molecule has 0 aromatic carbocycles. The Morgan fingerprint density at radius 3 is 2.31 bits per heavy atom. The Morgan fingerprint density at radius 1 is 1.54 bits per heavy atom. The number of hydrogen-bond donors (Lipinski definition) is 1. The second-order valence-electron chi connectivity index (χ2n) is 2.12. The Kier molecular flexibility index (Phi) is 4.50. The summed E-state index contributed by atoms with van der Waals surface area (Å²) >= 11 is 0. The van der Waals surface area contributed by atoms with Crippen molar-refractivity contribution in [3.8, 4) is 0 Å². The van der Waals surface area contributed by atoms with E-state index in [1.807, 2.05) is 0 Å². The fourth-order valence-corrected chi connectivity index (χ4v) is 0.811. The Morgan fingerprint density at radius 2 is 2.08 bits per heavy atom. The number of allylic oxidation sites excluding steroid dienone is 1. The number of hydrogen-bond acceptors (Lipinski definition) is 4. The van der Waals surface area contributed by atoms with Crippen LogP contribution in [0.25, 0.3) is 0 Å². The molecule has 0 aromatic heterocycles. The van der Waals surface area contributed by atoms with Crippen molar-refractivity contribution in [1.82, 2.24) is 0 Å². The number of carboxylic acid groups (broad SMARTS) is 1. The molecule has 13 heavy (non-hydrogen) atoms. The van der Waals surface area contributed by atoms with Crippen LogP contribution in [-0.2, 0) is 9.53 Å². The van der Waals surface area contributed by atoms with E-state index in [2.05, 4.69) is 0 Å². The zero-order valence-electron chi connectivity index (χ0n) is 7.44. The summed E-state index contributed by atoms with van der Waals surface area (Å²) in [5.74, 6) is -1.67. The van der Waals surface area contributed by atoms with E-state index in [1.54, 1.807) is 13.8 Å². The fraction of sp³-hybridized carbons (Fsp3) is 0.571. The van der Waals surface area contributed by atoms with Crippen molar-refractivity contribution < 1.29 is 19.6 Å². The van der Waals surface area contributed by atoms with Crippen molar-refractivity contribution in [1.29, 1.82) is 0 Å². The molecule has 0 atom stereocenters. The lowest BCUT2D eigenvalue weighted by Gasteiger charge is -2.04. The molecule has 6 nitrogen and oxygen atoms in total. The molecule has 0 aromatic rings. The van der Waals surface area contributed by atoms with Crippen molar-refractivity contribution in [2.75, 3.05) is 6.61 Å². The Hall–Kier alpha value is -1.59. The van der Waals surface area contributed by atoms with E-state index < -0.39 is 16.6 Å². The monoisotopic (exact) mass is 189 g/mol. The van der Waals surface area contributed by atoms with Crippen molar-refractivity contribution in [3.63, 3.8) is 0 Å². The minimum Gasteiger partial charge on any atom is -0.491 e. The van der Waals surface area contributed by atoms with E-state index in [0.29, 0.717) is 0 Å². The third-order valence-corrected chi connectivity index (χ3v) is 1.29. The molecule has 0 bridgehead atoms. The highest BCUT2D eigenvalue weighted by Gasteiger charge is 2.27. The topological polar surface area (TPSA) is 89.7 Å². The van der Waals surface area contributed by atoms with Gasteiger partial charge in [0.05, 0.1) is 11.5 Å². The summed E-state index contributed by atoms with van der Waals surface area (Å²) in [6.07, 6.45) is 0.191. The largest absolute Gasteiger partial charge is 0.491 e. The van der Waals surface area contributed by atoms with E-state index in [4.69, 9.17) is 9.84 Å². The van der Waals surface area contributed by atoms with E-state index in [9.17, 15) is 14.9 Å². The zero-order chi connectivity index (χ0) is 10.4. The molecule has 0 fully saturated rings. The average molecular weight is 189 g/mol. The van der Waals surface area contributed by atoms with Gasteiger partial charge in [0.1, 0.15) is 0 Å². The molecular weight excluding hydrogens is 178 g/mol. The van der Waals surface area contributed by atoms with Gasteiger partial charge < -0.3 is 9.84 Å². The molecule has 0 heterocycles. The van der Waals surface area contributed by atoms with Crippen molar-refractivity contribution in [2.45, 2.75) is 20.3 Å². The second-order valence-corrected chi connectivity index (χ2v) is 2.12. The third kappa shape index (κ3) is 3.10. The van der Waals surface area contributed by atoms with Gasteiger partial charge in [0, 0.05) is 6.42 Å². The maximum atomic E-state index is 10.4. The molecule has 6 heteroatoms. The first-order valence-electron chi connectivity index (χ1n) is 3.78. The lowest BCUT2D eigenvalue weighted by molar-refractivity contribution is -0.424. The number of ether oxygens (including phenoxy) is 1. The number of nitrogens with zero attached hydrogens (tertiary/aromatic N) is 1. The Labute approximate surface area is 75.0 Å². The highest BCUT2D eigenvalue weighted by Crippen LogP contribution is 2.11. The predicted octanol–water partition coefficient (Wildman–Crippen LogP) is 1.01. The number of carbonyl (C=O) groups is 1. The lowest BCUT2D eigenvalue weighted by Crippen LogP contribution is -2.14. The number of nitro groups is 1. The zero-order valence-corrected chi connectivity index (χ0v) is 7.44. The van der Waals surface area contributed by atoms with Gasteiger partial charge in [-0.2, -0.15) is 0 Å². The van der Waals surface area contributed by atoms with Gasteiger partial charge in [0.2, 0.25) is 0 Å². The summed E-state index contributed by atoms with van der Waals surface area (Å²) in [5.41, 5.74) is -0.885. The standard InChI is InChI=1S/C7H11NO5/c1-3-5(13-4-2)6(7(9)10)8(11)12/h3-4H2,1-2H3,(H,9,10). The molecule has 0 aliphatic carbocycles. The van der Waals surface area contributed by atoms with E-state index in [0.717, 1.165) is 0 Å². The van der Waals surface area contributed by atoms with Crippen LogP contribution in [0.15, 0.2) is 11.5 Å². The van der Waals surface area contributed by atoms with Gasteiger partial charge in [-0.15, -0.1) is 0 Å². The van der Waals surface area contributed by atoms with Crippen LogP contribution in [0.5, 0.6) is 0 Å². The average Bonchev–Trinajstić information content (AvgIpc) is 2.02. The smallest absolute Gasteiger partial charge is 0.411 e. The highest BCUT2D eigenvalue weighted by molar-refractivity contribution is 5.84. The normalized spacial score (nSPS) is 11.8. The van der Waals surface area contributed by atoms with Crippen LogP contribution >= 0.6 is 0 Å². The van der Waals surface area contributed by atoms with Crippen LogP contribution < -0.4 is 0 Å². The Balaban J connectivity index is 5.00. The molecule has 0 amide bonds. The van der Waals surface area contributed by atoms with Gasteiger partial charge in [0.25, 0.3) is 0 Å². The molecule has 0 aliphatic rings. The molecular formula is C7H11NO5. The summed E-state index contributed by atoms with van der Waals surface area (Å²) in [5, 5.41) is 18.8. The van der Waals surface area contributed by atoms with Crippen LogP contribution in [0.3, 0.4) is 0 Å². The molecule has 0 saturated carbocycles. The first kappa shape index (κ1) is 11.4. The van der Waals surface area contributed by atoms with Crippen LogP contribution in [0, 0.1) is 10.1 Å². The molecule has 0 rings (SSSR count). The van der Waals surface area contributed by atoms with E-state index in [-0.39, 0.29) is 18.8 Å². The summed E-state index contributed by atoms with van der Waals surface area (Å²) in [4.78, 5) is 19.8. The maximum Gasteiger partial charge on any atom is 0.411 e. The van der Waals surface area contributed by atoms with Crippen molar-refractivity contribution in [2.24, 2.45) is 0 Å². The van der Waals surface area contributed by atoms with Gasteiger partial charge in [0.15, 0.2) is 5.76 Å². The molecule has 1 N–H and O–H groups in total. The summed E-state index contributed by atoms with van der Waals surface area (Å²) in [7, 11) is 0. The van der Waals surface area contributed by atoms with Gasteiger partial charge in [-0.25, -0.2) is 4.79 Å². The molecule has 0 radical (unpaired) electrons. The quantitative estimate of drug-likeness (QED) is 0.301. The molecule has 0 aliphatic heterocycles. The highest BCUT2D eigenvalue weighted by atomic mass is 16.6. The third-order valence-electron chi connectivity index (χ3n) is 1.29. The molecule has 0 spiro atoms. The first-order chi connectivity index (χ1) is 6.04. The molecule has 0 unspecified atom stereocenters. The molecule has 0 saturated heterocycles. The lowest BCUT2D eigenvalue weighted by atomic mass is 10.3. The summed E-state index contributed by atoms with van der Waals surface area (Å²) < 4.78 is 4.83. The van der Waals surface area contributed by atoms with Gasteiger partial charge >= 0.3 is 11.7 Å². The SMILES string of the molecule is CCOC(CC)=C(C(=O)O)[N+](=O)[O-]. The maximum absolute atomic E-state index is 10.4. The minimum absolute atomic E-state index is 0.0972. The van der Waals surface area contributed by atoms with Gasteiger partial charge in [-0.1, -0.05) is 6.92 Å². The molecule has 74 valence electrons. The fourth-order valence-electron chi connectivity index (χ4n) is 0.811. The van der Waals surface area contributed by atoms with Crippen molar-refractivity contribution >= 4 is 5.97 Å². The summed E-state index contributed by atoms with van der Waals surface area (Å²) in [6, 6.07) is 0. The second kappa shape index (κ2) is 5.13. The van der Waals surface area contributed by atoms with Crippen LogP contribution in [-0.4, -0.2) is 22.6 Å². The predicted molar refractivity (Wildman–Crippen MR) is 43.6 cm³/mol. The number of aliphatic carboxylic acids is 1. The van der Waals surface area contributed by atoms with Crippen LogP contribution in [0.1, 0.15) is 20.3 Å². The summed E-state index contributed by atoms with van der Waals surface area (Å²) in [6.45, 7) is 3.44. The van der Waals surface area contributed by atoms with Gasteiger partial charge in [-0.05, 0) is 6.92 Å². The van der Waals surface area contributed by atoms with Crippen molar-refractivity contribution in [3.05, 3.63) is 21.6 Å².